The van der Waals surface area contributed by atoms with E-state index in [-0.39, 0.29) is 44.0 Å². The number of ether oxygens (including phenoxy) is 5. The Balaban J connectivity index is 1.57. The number of hydrogen-bond acceptors (Lipinski definition) is 13. The first kappa shape index (κ1) is 31.7. The summed E-state index contributed by atoms with van der Waals surface area (Å²) in [5.74, 6) is 0. The molecule has 17 heteroatoms. The van der Waals surface area contributed by atoms with Crippen LogP contribution >= 0.6 is 15.6 Å². The SMILES string of the molecule is BC1CC(OP(=O)(OC)OCC2OC(B)CC2OP(=O)(OC)OCC2OC(C)CC2OC)C(COC)O1. The second-order valence-electron chi connectivity index (χ2n) is 9.53. The lowest BCUT2D eigenvalue weighted by atomic mass is 9.96. The van der Waals surface area contributed by atoms with Crippen LogP contribution in [0, 0.1) is 0 Å². The molecule has 0 radical (unpaired) electrons. The van der Waals surface area contributed by atoms with Crippen molar-refractivity contribution in [1.82, 2.24) is 0 Å². The van der Waals surface area contributed by atoms with E-state index in [1.54, 1.807) is 14.2 Å². The summed E-state index contributed by atoms with van der Waals surface area (Å²) < 4.78 is 87.4. The van der Waals surface area contributed by atoms with Crippen LogP contribution in [-0.4, -0.2) is 119 Å². The molecule has 0 N–H and O–H groups in total. The third-order valence-corrected chi connectivity index (χ3v) is 9.44. The molecule has 0 aromatic carbocycles. The summed E-state index contributed by atoms with van der Waals surface area (Å²) in [4.78, 5) is 0. The molecule has 3 aliphatic rings. The smallest absolute Gasteiger partial charge is 0.382 e. The second kappa shape index (κ2) is 14.2. The molecule has 11 unspecified atom stereocenters. The highest BCUT2D eigenvalue weighted by Crippen LogP contribution is 2.54. The second-order valence-corrected chi connectivity index (χ2v) is 13.0. The summed E-state index contributed by atoms with van der Waals surface area (Å²) in [5.41, 5.74) is 0. The predicted octanol–water partition coefficient (Wildman–Crippen LogP) is 0.634. The van der Waals surface area contributed by atoms with Gasteiger partial charge in [-0.1, -0.05) is 0 Å². The van der Waals surface area contributed by atoms with Gasteiger partial charge in [0.05, 0.1) is 44.2 Å². The van der Waals surface area contributed by atoms with Crippen molar-refractivity contribution in [3.8, 4) is 0 Å². The van der Waals surface area contributed by atoms with Gasteiger partial charge in [-0.2, -0.15) is 0 Å². The Kier molecular flexibility index (Phi) is 12.1. The maximum Gasteiger partial charge on any atom is 0.474 e. The zero-order valence-electron chi connectivity index (χ0n) is 22.6. The first-order valence-corrected chi connectivity index (χ1v) is 15.4. The largest absolute Gasteiger partial charge is 0.474 e. The molecule has 0 aromatic rings. The molecule has 11 atom stereocenters. The third-order valence-electron chi connectivity index (χ3n) is 6.56. The van der Waals surface area contributed by atoms with Crippen molar-refractivity contribution in [3.63, 3.8) is 0 Å². The zero-order valence-corrected chi connectivity index (χ0v) is 24.4. The van der Waals surface area contributed by atoms with Crippen molar-refractivity contribution in [3.05, 3.63) is 0 Å². The van der Waals surface area contributed by atoms with E-state index >= 15 is 0 Å². The van der Waals surface area contributed by atoms with Gasteiger partial charge in [-0.25, -0.2) is 9.13 Å². The van der Waals surface area contributed by atoms with E-state index in [2.05, 4.69) is 0 Å². The minimum absolute atomic E-state index is 0.00510. The Morgan fingerprint density at radius 1 is 0.703 bits per heavy atom. The molecule has 37 heavy (non-hydrogen) atoms. The molecule has 0 aromatic heterocycles. The van der Waals surface area contributed by atoms with Gasteiger partial charge in [0.1, 0.15) is 34.0 Å². The van der Waals surface area contributed by atoms with Gasteiger partial charge in [0, 0.05) is 46.9 Å². The van der Waals surface area contributed by atoms with Gasteiger partial charge < -0.3 is 23.7 Å². The molecule has 0 bridgehead atoms. The number of phosphoric acid groups is 2. The van der Waals surface area contributed by atoms with Gasteiger partial charge in [-0.05, 0) is 19.8 Å². The van der Waals surface area contributed by atoms with Gasteiger partial charge in [0.25, 0.3) is 0 Å². The van der Waals surface area contributed by atoms with Crippen LogP contribution in [0.5, 0.6) is 0 Å². The zero-order chi connectivity index (χ0) is 27.2. The van der Waals surface area contributed by atoms with Crippen molar-refractivity contribution >= 4 is 31.3 Å². The average molecular weight is 572 g/mol. The fourth-order valence-corrected chi connectivity index (χ4v) is 7.02. The Morgan fingerprint density at radius 3 is 1.59 bits per heavy atom. The summed E-state index contributed by atoms with van der Waals surface area (Å²) in [5, 5.41) is 0. The van der Waals surface area contributed by atoms with Crippen molar-refractivity contribution in [2.75, 3.05) is 48.3 Å². The van der Waals surface area contributed by atoms with Crippen LogP contribution in [0.2, 0.25) is 0 Å². The first-order chi connectivity index (χ1) is 17.5. The normalized spacial score (nSPS) is 39.5. The van der Waals surface area contributed by atoms with E-state index in [0.717, 1.165) is 0 Å². The number of hydrogen-bond donors (Lipinski definition) is 0. The lowest BCUT2D eigenvalue weighted by molar-refractivity contribution is -0.0447. The van der Waals surface area contributed by atoms with Gasteiger partial charge >= 0.3 is 15.6 Å². The molecule has 0 spiro atoms. The molecule has 0 saturated carbocycles. The summed E-state index contributed by atoms with van der Waals surface area (Å²) in [6.45, 7) is 1.98. The fraction of sp³-hybridized carbons (Fsp3) is 1.00. The maximum atomic E-state index is 13.2. The highest BCUT2D eigenvalue weighted by Gasteiger charge is 2.45. The first-order valence-electron chi connectivity index (χ1n) is 12.5. The Labute approximate surface area is 220 Å². The van der Waals surface area contributed by atoms with Crippen LogP contribution in [0.4, 0.5) is 0 Å². The quantitative estimate of drug-likeness (QED) is 0.201. The monoisotopic (exact) mass is 572 g/mol. The van der Waals surface area contributed by atoms with Gasteiger partial charge in [-0.3, -0.25) is 27.1 Å². The van der Waals surface area contributed by atoms with Crippen LogP contribution < -0.4 is 0 Å². The van der Waals surface area contributed by atoms with Crippen molar-refractivity contribution in [2.45, 2.75) is 80.9 Å². The van der Waals surface area contributed by atoms with E-state index < -0.39 is 46.2 Å². The Hall–Kier alpha value is 0.150. The fourth-order valence-electron chi connectivity index (χ4n) is 4.75. The van der Waals surface area contributed by atoms with Gasteiger partial charge in [0.2, 0.25) is 0 Å². The molecule has 3 heterocycles. The molecule has 13 nitrogen and oxygen atoms in total. The van der Waals surface area contributed by atoms with Crippen molar-refractivity contribution in [2.24, 2.45) is 0 Å². The topological polar surface area (TPSA) is 136 Å². The minimum Gasteiger partial charge on any atom is -0.382 e. The highest BCUT2D eigenvalue weighted by atomic mass is 31.2. The molecular formula is C20H40B2O13P2. The predicted molar refractivity (Wildman–Crippen MR) is 136 cm³/mol. The average Bonchev–Trinajstić information content (AvgIpc) is 3.52. The summed E-state index contributed by atoms with van der Waals surface area (Å²) >= 11 is 0. The van der Waals surface area contributed by atoms with Crippen LogP contribution in [0.25, 0.3) is 0 Å². The van der Waals surface area contributed by atoms with Crippen LogP contribution in [0.15, 0.2) is 0 Å². The molecule has 0 aliphatic carbocycles. The molecule has 3 rings (SSSR count). The summed E-state index contributed by atoms with van der Waals surface area (Å²) in [6.07, 6.45) is -1.37. The molecular weight excluding hydrogens is 532 g/mol. The van der Waals surface area contributed by atoms with Crippen LogP contribution in [0.1, 0.15) is 26.2 Å². The molecule has 3 saturated heterocycles. The Morgan fingerprint density at radius 2 is 1.16 bits per heavy atom. The Bertz CT molecular complexity index is 810. The van der Waals surface area contributed by atoms with E-state index in [1.807, 2.05) is 22.6 Å². The summed E-state index contributed by atoms with van der Waals surface area (Å²) in [6, 6.07) is -0.328. The summed E-state index contributed by atoms with van der Waals surface area (Å²) in [7, 11) is 1.41. The van der Waals surface area contributed by atoms with E-state index in [4.69, 9.17) is 50.8 Å². The van der Waals surface area contributed by atoms with E-state index in [9.17, 15) is 9.13 Å². The van der Waals surface area contributed by atoms with Crippen molar-refractivity contribution < 1.29 is 60.0 Å². The number of rotatable bonds is 15. The molecule has 3 aliphatic heterocycles. The molecule has 0 amide bonds. The number of phosphoric ester groups is 2. The maximum absolute atomic E-state index is 13.2. The van der Waals surface area contributed by atoms with Crippen molar-refractivity contribution in [1.29, 1.82) is 0 Å². The minimum atomic E-state index is -3.97. The lowest BCUT2D eigenvalue weighted by Crippen LogP contribution is -2.31. The van der Waals surface area contributed by atoms with Crippen LogP contribution in [-0.2, 0) is 60.0 Å². The van der Waals surface area contributed by atoms with E-state index in [1.165, 1.54) is 14.2 Å². The number of methoxy groups -OCH3 is 2. The van der Waals surface area contributed by atoms with Gasteiger partial charge in [-0.15, -0.1) is 0 Å². The van der Waals surface area contributed by atoms with E-state index in [0.29, 0.717) is 19.3 Å². The third kappa shape index (κ3) is 8.82. The van der Waals surface area contributed by atoms with Gasteiger partial charge in [0.15, 0.2) is 0 Å². The highest BCUT2D eigenvalue weighted by molar-refractivity contribution is 7.48. The molecule has 214 valence electrons. The standard InChI is InChI=1S/C20H40B2O13P2/c1-12-6-13(26-3)17(31-12)10-29-36(23,27-4)35-15-8-20(22)33-18(15)11-30-37(24,28-5)34-14-7-19(21)32-16(14)9-25-2/h12-20H,6-11,21-22H2,1-5H3. The van der Waals surface area contributed by atoms with Crippen LogP contribution in [0.3, 0.4) is 0 Å². The lowest BCUT2D eigenvalue weighted by Gasteiger charge is -2.27. The molecule has 3 fully saturated rings.